The molecule has 1 aliphatic rings. The van der Waals surface area contributed by atoms with Crippen molar-refractivity contribution in [2.45, 2.75) is 31.8 Å². The first-order valence-electron chi connectivity index (χ1n) is 6.53. The van der Waals surface area contributed by atoms with Crippen LogP contribution in [0.25, 0.3) is 0 Å². The molecule has 2 rings (SSSR count). The highest BCUT2D eigenvalue weighted by molar-refractivity contribution is 7.08. The van der Waals surface area contributed by atoms with Crippen LogP contribution in [0.5, 0.6) is 11.5 Å². The molecular formula is C13H21NO3S. The SMILES string of the molecule is NCCCCCCOCC1COc2cscc2O1. The Morgan fingerprint density at radius 1 is 1.22 bits per heavy atom. The van der Waals surface area contributed by atoms with E-state index in [1.54, 1.807) is 11.3 Å². The maximum absolute atomic E-state index is 5.76. The van der Waals surface area contributed by atoms with Gasteiger partial charge in [-0.05, 0) is 19.4 Å². The lowest BCUT2D eigenvalue weighted by Gasteiger charge is -2.24. The number of nitrogens with two attached hydrogens (primary N) is 1. The molecule has 5 heteroatoms. The van der Waals surface area contributed by atoms with Crippen molar-refractivity contribution in [3.63, 3.8) is 0 Å². The van der Waals surface area contributed by atoms with Crippen molar-refractivity contribution >= 4 is 11.3 Å². The molecular weight excluding hydrogens is 250 g/mol. The molecule has 1 aromatic heterocycles. The molecule has 1 atom stereocenters. The number of thiophene rings is 1. The number of ether oxygens (including phenoxy) is 3. The molecule has 0 spiro atoms. The van der Waals surface area contributed by atoms with Crippen molar-refractivity contribution in [3.05, 3.63) is 10.8 Å². The normalized spacial score (nSPS) is 17.9. The van der Waals surface area contributed by atoms with Crippen LogP contribution in [0.4, 0.5) is 0 Å². The molecule has 0 aliphatic carbocycles. The van der Waals surface area contributed by atoms with Gasteiger partial charge in [0.05, 0.1) is 6.61 Å². The van der Waals surface area contributed by atoms with Crippen LogP contribution in [-0.2, 0) is 4.74 Å². The van der Waals surface area contributed by atoms with Crippen molar-refractivity contribution in [2.75, 3.05) is 26.4 Å². The van der Waals surface area contributed by atoms with Crippen LogP contribution in [0, 0.1) is 0 Å². The summed E-state index contributed by atoms with van der Waals surface area (Å²) in [6, 6.07) is 0. The lowest BCUT2D eigenvalue weighted by molar-refractivity contribution is 0.00844. The number of fused-ring (bicyclic) bond motifs is 1. The number of hydrogen-bond acceptors (Lipinski definition) is 5. The minimum atomic E-state index is 0.0242. The van der Waals surface area contributed by atoms with E-state index < -0.39 is 0 Å². The Balaban J connectivity index is 1.53. The van der Waals surface area contributed by atoms with Crippen LogP contribution in [-0.4, -0.2) is 32.5 Å². The van der Waals surface area contributed by atoms with E-state index in [1.807, 2.05) is 10.8 Å². The second-order valence-corrected chi connectivity index (χ2v) is 5.17. The van der Waals surface area contributed by atoms with E-state index in [-0.39, 0.29) is 6.10 Å². The van der Waals surface area contributed by atoms with Crippen molar-refractivity contribution in [3.8, 4) is 11.5 Å². The molecule has 1 aromatic rings. The molecule has 4 nitrogen and oxygen atoms in total. The fourth-order valence-corrected chi connectivity index (χ4v) is 2.53. The van der Waals surface area contributed by atoms with Crippen LogP contribution < -0.4 is 15.2 Å². The van der Waals surface area contributed by atoms with E-state index >= 15 is 0 Å². The molecule has 0 fully saturated rings. The monoisotopic (exact) mass is 271 g/mol. The maximum Gasteiger partial charge on any atom is 0.172 e. The van der Waals surface area contributed by atoms with Crippen LogP contribution in [0.15, 0.2) is 10.8 Å². The van der Waals surface area contributed by atoms with E-state index in [0.29, 0.717) is 13.2 Å². The Labute approximate surface area is 112 Å². The number of unbranched alkanes of at least 4 members (excludes halogenated alkanes) is 3. The van der Waals surface area contributed by atoms with Crippen molar-refractivity contribution in [1.82, 2.24) is 0 Å². The predicted molar refractivity (Wildman–Crippen MR) is 72.6 cm³/mol. The summed E-state index contributed by atoms with van der Waals surface area (Å²) >= 11 is 1.60. The first kappa shape index (κ1) is 13.6. The molecule has 2 heterocycles. The van der Waals surface area contributed by atoms with Gasteiger partial charge in [-0.2, -0.15) is 0 Å². The molecule has 18 heavy (non-hydrogen) atoms. The van der Waals surface area contributed by atoms with Crippen LogP contribution in [0.1, 0.15) is 25.7 Å². The van der Waals surface area contributed by atoms with E-state index in [0.717, 1.165) is 37.5 Å². The highest BCUT2D eigenvalue weighted by atomic mass is 32.1. The molecule has 0 bridgehead atoms. The summed E-state index contributed by atoms with van der Waals surface area (Å²) in [6.07, 6.45) is 4.61. The zero-order valence-electron chi connectivity index (χ0n) is 10.6. The van der Waals surface area contributed by atoms with Crippen molar-refractivity contribution in [2.24, 2.45) is 5.73 Å². The van der Waals surface area contributed by atoms with Gasteiger partial charge < -0.3 is 19.9 Å². The lowest BCUT2D eigenvalue weighted by atomic mass is 10.2. The Kier molecular flexibility index (Phi) is 5.77. The van der Waals surface area contributed by atoms with Gasteiger partial charge in [0.1, 0.15) is 6.61 Å². The molecule has 102 valence electrons. The fraction of sp³-hybridized carbons (Fsp3) is 0.692. The summed E-state index contributed by atoms with van der Waals surface area (Å²) in [5.41, 5.74) is 5.44. The Bertz CT molecular complexity index is 343. The van der Waals surface area contributed by atoms with Crippen LogP contribution in [0.3, 0.4) is 0 Å². The summed E-state index contributed by atoms with van der Waals surface area (Å²) in [5, 5.41) is 3.93. The van der Waals surface area contributed by atoms with Crippen LogP contribution >= 0.6 is 11.3 Å². The molecule has 2 N–H and O–H groups in total. The van der Waals surface area contributed by atoms with Gasteiger partial charge in [0.2, 0.25) is 0 Å². The Hall–Kier alpha value is -0.780. The van der Waals surface area contributed by atoms with Crippen LogP contribution in [0.2, 0.25) is 0 Å². The third kappa shape index (κ3) is 4.15. The minimum Gasteiger partial charge on any atom is -0.485 e. The van der Waals surface area contributed by atoms with E-state index in [4.69, 9.17) is 19.9 Å². The molecule has 0 aromatic carbocycles. The summed E-state index contributed by atoms with van der Waals surface area (Å²) < 4.78 is 17.0. The van der Waals surface area contributed by atoms with Gasteiger partial charge in [0.15, 0.2) is 17.6 Å². The Morgan fingerprint density at radius 2 is 2.06 bits per heavy atom. The zero-order valence-corrected chi connectivity index (χ0v) is 11.4. The summed E-state index contributed by atoms with van der Waals surface area (Å²) in [4.78, 5) is 0. The second-order valence-electron chi connectivity index (χ2n) is 4.43. The van der Waals surface area contributed by atoms with E-state index in [1.165, 1.54) is 12.8 Å². The molecule has 1 unspecified atom stereocenters. The zero-order chi connectivity index (χ0) is 12.6. The molecule has 0 radical (unpaired) electrons. The summed E-state index contributed by atoms with van der Waals surface area (Å²) in [5.74, 6) is 1.71. The quantitative estimate of drug-likeness (QED) is 0.738. The summed E-state index contributed by atoms with van der Waals surface area (Å²) in [6.45, 7) is 2.76. The third-order valence-electron chi connectivity index (χ3n) is 2.86. The minimum absolute atomic E-state index is 0.0242. The predicted octanol–water partition coefficient (Wildman–Crippen LogP) is 2.42. The van der Waals surface area contributed by atoms with Crippen molar-refractivity contribution in [1.29, 1.82) is 0 Å². The second kappa shape index (κ2) is 7.61. The van der Waals surface area contributed by atoms with Gasteiger partial charge in [0.25, 0.3) is 0 Å². The molecule has 0 saturated carbocycles. The molecule has 0 saturated heterocycles. The highest BCUT2D eigenvalue weighted by Crippen LogP contribution is 2.35. The average molecular weight is 271 g/mol. The first-order chi connectivity index (χ1) is 8.90. The largest absolute Gasteiger partial charge is 0.485 e. The Morgan fingerprint density at radius 3 is 2.94 bits per heavy atom. The number of rotatable bonds is 8. The standard InChI is InChI=1S/C13H21NO3S/c14-5-3-1-2-4-6-15-7-11-8-16-12-9-18-10-13(12)17-11/h9-11H,1-8,14H2. The van der Waals surface area contributed by atoms with Gasteiger partial charge >= 0.3 is 0 Å². The van der Waals surface area contributed by atoms with Gasteiger partial charge in [-0.1, -0.05) is 12.8 Å². The maximum atomic E-state index is 5.76. The fourth-order valence-electron chi connectivity index (χ4n) is 1.86. The highest BCUT2D eigenvalue weighted by Gasteiger charge is 2.21. The van der Waals surface area contributed by atoms with Gasteiger partial charge in [-0.3, -0.25) is 0 Å². The average Bonchev–Trinajstić information content (AvgIpc) is 2.85. The molecule has 0 amide bonds. The topological polar surface area (TPSA) is 53.7 Å². The van der Waals surface area contributed by atoms with Gasteiger partial charge in [0, 0.05) is 17.4 Å². The van der Waals surface area contributed by atoms with Gasteiger partial charge in [-0.25, -0.2) is 0 Å². The third-order valence-corrected chi connectivity index (χ3v) is 3.56. The lowest BCUT2D eigenvalue weighted by Crippen LogP contribution is -2.33. The van der Waals surface area contributed by atoms with E-state index in [9.17, 15) is 0 Å². The smallest absolute Gasteiger partial charge is 0.172 e. The van der Waals surface area contributed by atoms with Crippen molar-refractivity contribution < 1.29 is 14.2 Å². The van der Waals surface area contributed by atoms with E-state index in [2.05, 4.69) is 0 Å². The molecule has 1 aliphatic heterocycles. The van der Waals surface area contributed by atoms with Gasteiger partial charge in [-0.15, -0.1) is 11.3 Å². The first-order valence-corrected chi connectivity index (χ1v) is 7.48. The summed E-state index contributed by atoms with van der Waals surface area (Å²) in [7, 11) is 0. The number of hydrogen-bond donors (Lipinski definition) is 1.